The zero-order chi connectivity index (χ0) is 26.3. The summed E-state index contributed by atoms with van der Waals surface area (Å²) in [6, 6.07) is 3.05. The SMILES string of the molecule is CCCCCCCCOc1ccc(-c2noc(C3C=CCN3C(=O)OC(C)(C)C)n2)cc1C(F)(F)F. The van der Waals surface area contributed by atoms with Crippen LogP contribution >= 0.6 is 0 Å². The Kier molecular flexibility index (Phi) is 9.03. The summed E-state index contributed by atoms with van der Waals surface area (Å²) in [5, 5.41) is 3.86. The highest BCUT2D eigenvalue weighted by atomic mass is 19.4. The first-order valence-electron chi connectivity index (χ1n) is 12.3. The lowest BCUT2D eigenvalue weighted by atomic mass is 10.1. The van der Waals surface area contributed by atoms with Gasteiger partial charge in [0, 0.05) is 12.1 Å². The molecule has 0 fully saturated rings. The lowest BCUT2D eigenvalue weighted by Crippen LogP contribution is -2.36. The van der Waals surface area contributed by atoms with E-state index in [-0.39, 0.29) is 29.6 Å². The third kappa shape index (κ3) is 7.48. The lowest BCUT2D eigenvalue weighted by Gasteiger charge is -2.26. The first-order valence-corrected chi connectivity index (χ1v) is 12.3. The Morgan fingerprint density at radius 1 is 1.14 bits per heavy atom. The number of carbonyl (C=O) groups is 1. The summed E-state index contributed by atoms with van der Waals surface area (Å²) in [6.07, 6.45) is 4.39. The maximum Gasteiger partial charge on any atom is 0.419 e. The maximum absolute atomic E-state index is 13.8. The molecule has 10 heteroatoms. The van der Waals surface area contributed by atoms with Crippen LogP contribution in [0.3, 0.4) is 0 Å². The summed E-state index contributed by atoms with van der Waals surface area (Å²) in [5.74, 6) is -0.151. The van der Waals surface area contributed by atoms with Crippen LogP contribution in [0.15, 0.2) is 34.9 Å². The summed E-state index contributed by atoms with van der Waals surface area (Å²) < 4.78 is 57.5. The maximum atomic E-state index is 13.8. The van der Waals surface area contributed by atoms with E-state index < -0.39 is 29.5 Å². The molecule has 1 unspecified atom stereocenters. The molecule has 2 aromatic rings. The molecule has 3 rings (SSSR count). The Morgan fingerprint density at radius 3 is 2.56 bits per heavy atom. The third-order valence-electron chi connectivity index (χ3n) is 5.58. The molecule has 1 aliphatic heterocycles. The minimum atomic E-state index is -4.61. The minimum absolute atomic E-state index is 0.0117. The van der Waals surface area contributed by atoms with Crippen LogP contribution in [0.4, 0.5) is 18.0 Å². The number of ether oxygens (including phenoxy) is 2. The topological polar surface area (TPSA) is 77.7 Å². The Morgan fingerprint density at radius 2 is 1.86 bits per heavy atom. The molecule has 0 radical (unpaired) electrons. The normalized spacial score (nSPS) is 16.0. The van der Waals surface area contributed by atoms with Gasteiger partial charge >= 0.3 is 12.3 Å². The number of carbonyl (C=O) groups excluding carboxylic acids is 1. The number of aromatic nitrogens is 2. The highest BCUT2D eigenvalue weighted by Gasteiger charge is 2.36. The van der Waals surface area contributed by atoms with Crippen molar-refractivity contribution in [1.29, 1.82) is 0 Å². The molecular weight excluding hydrogens is 475 g/mol. The fourth-order valence-corrected chi connectivity index (χ4v) is 3.80. The number of amides is 1. The van der Waals surface area contributed by atoms with Crippen LogP contribution in [-0.4, -0.2) is 39.9 Å². The smallest absolute Gasteiger partial charge is 0.419 e. The molecule has 0 aliphatic carbocycles. The van der Waals surface area contributed by atoms with E-state index in [0.29, 0.717) is 13.0 Å². The van der Waals surface area contributed by atoms with Gasteiger partial charge in [0.25, 0.3) is 5.89 Å². The van der Waals surface area contributed by atoms with Crippen molar-refractivity contribution >= 4 is 6.09 Å². The van der Waals surface area contributed by atoms with Gasteiger partial charge in [-0.2, -0.15) is 18.2 Å². The average Bonchev–Trinajstić information content (AvgIpc) is 3.46. The summed E-state index contributed by atoms with van der Waals surface area (Å²) in [5.41, 5.74) is -1.44. The first-order chi connectivity index (χ1) is 17.0. The third-order valence-corrected chi connectivity index (χ3v) is 5.58. The van der Waals surface area contributed by atoms with Crippen LogP contribution in [0.5, 0.6) is 5.75 Å². The molecule has 0 spiro atoms. The van der Waals surface area contributed by atoms with E-state index in [1.807, 2.05) is 0 Å². The van der Waals surface area contributed by atoms with Crippen molar-refractivity contribution in [2.45, 2.75) is 84.0 Å². The van der Waals surface area contributed by atoms with Gasteiger partial charge in [-0.15, -0.1) is 0 Å². The predicted molar refractivity (Wildman–Crippen MR) is 128 cm³/mol. The molecule has 2 heterocycles. The van der Waals surface area contributed by atoms with E-state index in [0.717, 1.165) is 38.2 Å². The van der Waals surface area contributed by atoms with Gasteiger partial charge < -0.3 is 14.0 Å². The van der Waals surface area contributed by atoms with Crippen LogP contribution in [0.1, 0.15) is 83.7 Å². The van der Waals surface area contributed by atoms with Gasteiger partial charge in [0.15, 0.2) is 0 Å². The van der Waals surface area contributed by atoms with E-state index in [2.05, 4.69) is 17.1 Å². The lowest BCUT2D eigenvalue weighted by molar-refractivity contribution is -0.138. The molecule has 0 bridgehead atoms. The zero-order valence-electron chi connectivity index (χ0n) is 21.2. The number of unbranched alkanes of at least 4 members (excludes halogenated alkanes) is 5. The van der Waals surface area contributed by atoms with Gasteiger partial charge in [0.2, 0.25) is 5.82 Å². The second kappa shape index (κ2) is 11.8. The van der Waals surface area contributed by atoms with Crippen molar-refractivity contribution in [1.82, 2.24) is 15.0 Å². The molecule has 198 valence electrons. The van der Waals surface area contributed by atoms with Crippen LogP contribution in [-0.2, 0) is 10.9 Å². The fourth-order valence-electron chi connectivity index (χ4n) is 3.80. The predicted octanol–water partition coefficient (Wildman–Crippen LogP) is 7.34. The number of rotatable bonds is 10. The fraction of sp³-hybridized carbons (Fsp3) is 0.577. The van der Waals surface area contributed by atoms with E-state index in [1.54, 1.807) is 32.9 Å². The van der Waals surface area contributed by atoms with Crippen molar-refractivity contribution < 1.29 is 32.0 Å². The molecule has 0 N–H and O–H groups in total. The molecular formula is C26H34F3N3O4. The molecule has 36 heavy (non-hydrogen) atoms. The van der Waals surface area contributed by atoms with E-state index in [4.69, 9.17) is 14.0 Å². The number of alkyl halides is 3. The van der Waals surface area contributed by atoms with E-state index >= 15 is 0 Å². The second-order valence-electron chi connectivity index (χ2n) is 9.79. The van der Waals surface area contributed by atoms with Crippen molar-refractivity contribution in [2.75, 3.05) is 13.2 Å². The molecule has 1 aromatic carbocycles. The summed E-state index contributed by atoms with van der Waals surface area (Å²) >= 11 is 0. The van der Waals surface area contributed by atoms with Crippen LogP contribution in [0.25, 0.3) is 11.4 Å². The van der Waals surface area contributed by atoms with Gasteiger partial charge in [0.05, 0.1) is 12.2 Å². The Hall–Kier alpha value is -3.04. The summed E-state index contributed by atoms with van der Waals surface area (Å²) in [6.45, 7) is 7.91. The van der Waals surface area contributed by atoms with Crippen molar-refractivity contribution in [3.63, 3.8) is 0 Å². The molecule has 0 saturated carbocycles. The molecule has 1 atom stereocenters. The van der Waals surface area contributed by atoms with Gasteiger partial charge in [-0.25, -0.2) is 4.79 Å². The van der Waals surface area contributed by atoms with E-state index in [9.17, 15) is 18.0 Å². The van der Waals surface area contributed by atoms with Crippen LogP contribution in [0, 0.1) is 0 Å². The number of hydrogen-bond acceptors (Lipinski definition) is 6. The highest BCUT2D eigenvalue weighted by molar-refractivity contribution is 5.70. The van der Waals surface area contributed by atoms with Gasteiger partial charge in [0.1, 0.15) is 17.4 Å². The summed E-state index contributed by atoms with van der Waals surface area (Å²) in [4.78, 5) is 18.2. The molecule has 1 aromatic heterocycles. The number of benzene rings is 1. The largest absolute Gasteiger partial charge is 0.493 e. The second-order valence-corrected chi connectivity index (χ2v) is 9.79. The van der Waals surface area contributed by atoms with Gasteiger partial charge in [-0.1, -0.05) is 56.3 Å². The first kappa shape index (κ1) is 27.5. The van der Waals surface area contributed by atoms with E-state index in [1.165, 1.54) is 17.0 Å². The standard InChI is InChI=1S/C26H34F3N3O4/c1-5-6-7-8-9-10-16-34-21-14-13-18(17-19(21)26(27,28)29)22-30-23(36-31-22)20-12-11-15-32(20)24(33)35-25(2,3)4/h11-14,17,20H,5-10,15-16H2,1-4H3. The Labute approximate surface area is 209 Å². The van der Waals surface area contributed by atoms with Gasteiger partial charge in [-0.3, -0.25) is 4.90 Å². The van der Waals surface area contributed by atoms with Crippen LogP contribution in [0.2, 0.25) is 0 Å². The molecule has 1 aliphatic rings. The van der Waals surface area contributed by atoms with Crippen molar-refractivity contribution in [3.8, 4) is 17.1 Å². The van der Waals surface area contributed by atoms with Crippen LogP contribution < -0.4 is 4.74 Å². The molecule has 1 amide bonds. The summed E-state index contributed by atoms with van der Waals surface area (Å²) in [7, 11) is 0. The van der Waals surface area contributed by atoms with Crippen molar-refractivity contribution in [3.05, 3.63) is 41.8 Å². The van der Waals surface area contributed by atoms with Gasteiger partial charge in [-0.05, 0) is 45.4 Å². The number of hydrogen-bond donors (Lipinski definition) is 0. The molecule has 7 nitrogen and oxygen atoms in total. The number of halogens is 3. The average molecular weight is 510 g/mol. The Bertz CT molecular complexity index is 1040. The zero-order valence-corrected chi connectivity index (χ0v) is 21.2. The Balaban J connectivity index is 1.72. The van der Waals surface area contributed by atoms with Crippen molar-refractivity contribution in [2.24, 2.45) is 0 Å². The highest BCUT2D eigenvalue weighted by Crippen LogP contribution is 2.39. The molecule has 0 saturated heterocycles. The monoisotopic (exact) mass is 509 g/mol. The quantitative estimate of drug-likeness (QED) is 0.246. The number of nitrogens with zero attached hydrogens (tertiary/aromatic N) is 3. The minimum Gasteiger partial charge on any atom is -0.493 e.